The Hall–Kier alpha value is -1.67. The third-order valence-corrected chi connectivity index (χ3v) is 5.14. The number of nitrogens with two attached hydrogens (primary N) is 1. The van der Waals surface area contributed by atoms with Gasteiger partial charge in [0.2, 0.25) is 5.91 Å². The lowest BCUT2D eigenvalue weighted by atomic mass is 10.0. The van der Waals surface area contributed by atoms with Crippen LogP contribution in [0.1, 0.15) is 71.1 Å². The minimum Gasteiger partial charge on any atom is -0.480 e. The van der Waals surface area contributed by atoms with Crippen molar-refractivity contribution in [3.8, 4) is 0 Å². The lowest BCUT2D eigenvalue weighted by Gasteiger charge is -2.27. The van der Waals surface area contributed by atoms with Crippen molar-refractivity contribution in [1.29, 1.82) is 0 Å². The molecule has 0 aromatic rings. The number of hydrogen-bond acceptors (Lipinski definition) is 5. The van der Waals surface area contributed by atoms with Crippen molar-refractivity contribution in [2.75, 3.05) is 13.1 Å². The van der Waals surface area contributed by atoms with Crippen molar-refractivity contribution in [1.82, 2.24) is 10.2 Å². The van der Waals surface area contributed by atoms with Crippen molar-refractivity contribution in [3.63, 3.8) is 0 Å². The van der Waals surface area contributed by atoms with Crippen molar-refractivity contribution >= 4 is 17.8 Å². The Balaban J connectivity index is 2.37. The van der Waals surface area contributed by atoms with E-state index in [4.69, 9.17) is 5.73 Å². The number of rotatable bonds is 14. The summed E-state index contributed by atoms with van der Waals surface area (Å²) in [4.78, 5) is 36.6. The van der Waals surface area contributed by atoms with Crippen LogP contribution in [0.3, 0.4) is 0 Å². The molecule has 1 rings (SSSR count). The summed E-state index contributed by atoms with van der Waals surface area (Å²) in [6.07, 6.45) is 8.85. The summed E-state index contributed by atoms with van der Waals surface area (Å²) in [5, 5.41) is 21.5. The number of hydrogen-bond donors (Lipinski definition) is 4. The number of unbranched alkanes of at least 4 members (excludes halogenated alkanes) is 6. The van der Waals surface area contributed by atoms with Gasteiger partial charge < -0.3 is 20.8 Å². The number of likely N-dealkylation sites (tertiary alicyclic amines) is 1. The van der Waals surface area contributed by atoms with E-state index in [9.17, 15) is 24.6 Å². The van der Waals surface area contributed by atoms with Crippen LogP contribution >= 0.6 is 0 Å². The van der Waals surface area contributed by atoms with E-state index in [0.29, 0.717) is 25.8 Å². The molecule has 0 aromatic carbocycles. The summed E-state index contributed by atoms with van der Waals surface area (Å²) in [6, 6.07) is -2.32. The smallest absolute Gasteiger partial charge is 0.326 e. The predicted octanol–water partition coefficient (Wildman–Crippen LogP) is 1.57. The number of carbonyl (C=O) groups is 3. The molecule has 0 bridgehead atoms. The Morgan fingerprint density at radius 3 is 2.22 bits per heavy atom. The lowest BCUT2D eigenvalue weighted by molar-refractivity contribution is -0.149. The fourth-order valence-corrected chi connectivity index (χ4v) is 3.56. The lowest BCUT2D eigenvalue weighted by Crippen LogP contribution is -2.53. The van der Waals surface area contributed by atoms with Crippen molar-refractivity contribution in [2.24, 2.45) is 5.73 Å². The van der Waals surface area contributed by atoms with Crippen LogP contribution in [-0.4, -0.2) is 64.2 Å². The van der Waals surface area contributed by atoms with Crippen molar-refractivity contribution < 1.29 is 24.6 Å². The van der Waals surface area contributed by atoms with Crippen LogP contribution in [0.15, 0.2) is 0 Å². The van der Waals surface area contributed by atoms with Crippen LogP contribution in [0.4, 0.5) is 0 Å². The second-order valence-electron chi connectivity index (χ2n) is 7.36. The Bertz CT molecular complexity index is 486. The van der Waals surface area contributed by atoms with Crippen LogP contribution in [0.25, 0.3) is 0 Å². The first-order valence-corrected chi connectivity index (χ1v) is 10.1. The second-order valence-corrected chi connectivity index (χ2v) is 7.36. The van der Waals surface area contributed by atoms with E-state index in [2.05, 4.69) is 5.32 Å². The number of carboxylic acid groups (broad SMARTS) is 2. The molecule has 8 heteroatoms. The molecule has 5 N–H and O–H groups in total. The summed E-state index contributed by atoms with van der Waals surface area (Å²) in [5.74, 6) is -2.32. The molecule has 156 valence electrons. The summed E-state index contributed by atoms with van der Waals surface area (Å²) >= 11 is 0. The predicted molar refractivity (Wildman–Crippen MR) is 102 cm³/mol. The highest BCUT2D eigenvalue weighted by Gasteiger charge is 2.36. The van der Waals surface area contributed by atoms with Gasteiger partial charge in [-0.25, -0.2) is 4.79 Å². The van der Waals surface area contributed by atoms with E-state index in [-0.39, 0.29) is 5.91 Å². The monoisotopic (exact) mass is 385 g/mol. The van der Waals surface area contributed by atoms with Crippen molar-refractivity contribution in [2.45, 2.75) is 89.3 Å². The van der Waals surface area contributed by atoms with Gasteiger partial charge in [0.1, 0.15) is 12.1 Å². The maximum atomic E-state index is 12.5. The van der Waals surface area contributed by atoms with E-state index in [1.807, 2.05) is 0 Å². The summed E-state index contributed by atoms with van der Waals surface area (Å²) < 4.78 is 0. The van der Waals surface area contributed by atoms with Crippen LogP contribution < -0.4 is 11.1 Å². The Labute approximate surface area is 161 Å². The number of carboxylic acids is 2. The SMILES string of the molecule is C[C@H](N[C@H](CCCCCCCCCN)C(=O)O)C(=O)N1CCC[C@H]1C(=O)O. The van der Waals surface area contributed by atoms with Crippen LogP contribution in [-0.2, 0) is 14.4 Å². The average molecular weight is 386 g/mol. The molecule has 0 spiro atoms. The molecule has 1 fully saturated rings. The third-order valence-electron chi connectivity index (χ3n) is 5.14. The standard InChI is InChI=1S/C19H35N3O5/c1-14(17(23)22-13-9-11-16(22)19(26)27)21-15(18(24)25)10-7-5-3-2-4-6-8-12-20/h14-16,21H,2-13,20H2,1H3,(H,24,25)(H,26,27)/t14-,15+,16-/m0/s1. The van der Waals surface area contributed by atoms with E-state index in [1.54, 1.807) is 6.92 Å². The first-order chi connectivity index (χ1) is 12.9. The van der Waals surface area contributed by atoms with Gasteiger partial charge in [-0.2, -0.15) is 0 Å². The first kappa shape index (κ1) is 23.4. The maximum Gasteiger partial charge on any atom is 0.326 e. The number of amides is 1. The molecule has 0 unspecified atom stereocenters. The Kier molecular flexibility index (Phi) is 11.0. The summed E-state index contributed by atoms with van der Waals surface area (Å²) in [5.41, 5.74) is 5.46. The summed E-state index contributed by atoms with van der Waals surface area (Å²) in [7, 11) is 0. The highest BCUT2D eigenvalue weighted by molar-refractivity contribution is 5.88. The van der Waals surface area contributed by atoms with Gasteiger partial charge in [-0.1, -0.05) is 38.5 Å². The number of aliphatic carboxylic acids is 2. The van der Waals surface area contributed by atoms with Gasteiger partial charge in [-0.05, 0) is 39.2 Å². The maximum absolute atomic E-state index is 12.5. The molecule has 3 atom stereocenters. The first-order valence-electron chi connectivity index (χ1n) is 10.1. The molecule has 0 aromatic heterocycles. The molecular formula is C19H35N3O5. The quantitative estimate of drug-likeness (QED) is 0.334. The molecule has 0 saturated carbocycles. The minimum atomic E-state index is -1.01. The Morgan fingerprint density at radius 2 is 1.67 bits per heavy atom. The minimum absolute atomic E-state index is 0.342. The molecule has 1 amide bonds. The molecule has 1 heterocycles. The third kappa shape index (κ3) is 8.26. The highest BCUT2D eigenvalue weighted by Crippen LogP contribution is 2.19. The normalized spacial score (nSPS) is 19.0. The molecule has 8 nitrogen and oxygen atoms in total. The fourth-order valence-electron chi connectivity index (χ4n) is 3.56. The van der Waals surface area contributed by atoms with Gasteiger partial charge in [-0.3, -0.25) is 14.9 Å². The number of carbonyl (C=O) groups excluding carboxylic acids is 1. The second kappa shape index (κ2) is 12.7. The Morgan fingerprint density at radius 1 is 1.07 bits per heavy atom. The van der Waals surface area contributed by atoms with Gasteiger partial charge >= 0.3 is 11.9 Å². The van der Waals surface area contributed by atoms with Crippen LogP contribution in [0, 0.1) is 0 Å². The van der Waals surface area contributed by atoms with Gasteiger partial charge in [0.05, 0.1) is 6.04 Å². The topological polar surface area (TPSA) is 133 Å². The van der Waals surface area contributed by atoms with E-state index < -0.39 is 30.1 Å². The highest BCUT2D eigenvalue weighted by atomic mass is 16.4. The molecule has 1 saturated heterocycles. The van der Waals surface area contributed by atoms with Crippen LogP contribution in [0.5, 0.6) is 0 Å². The van der Waals surface area contributed by atoms with Gasteiger partial charge in [0.25, 0.3) is 0 Å². The molecular weight excluding hydrogens is 350 g/mol. The number of nitrogens with zero attached hydrogens (tertiary/aromatic N) is 1. The largest absolute Gasteiger partial charge is 0.480 e. The number of nitrogens with one attached hydrogen (secondary N) is 1. The zero-order valence-electron chi connectivity index (χ0n) is 16.4. The molecule has 1 aliphatic heterocycles. The fraction of sp³-hybridized carbons (Fsp3) is 0.842. The molecule has 1 aliphatic rings. The molecule has 0 aliphatic carbocycles. The zero-order valence-corrected chi connectivity index (χ0v) is 16.4. The van der Waals surface area contributed by atoms with E-state index in [1.165, 1.54) is 4.90 Å². The van der Waals surface area contributed by atoms with Crippen molar-refractivity contribution in [3.05, 3.63) is 0 Å². The zero-order chi connectivity index (χ0) is 20.2. The van der Waals surface area contributed by atoms with Crippen LogP contribution in [0.2, 0.25) is 0 Å². The molecule has 27 heavy (non-hydrogen) atoms. The van der Waals surface area contributed by atoms with Gasteiger partial charge in [0, 0.05) is 6.54 Å². The summed E-state index contributed by atoms with van der Waals surface area (Å²) in [6.45, 7) is 2.74. The van der Waals surface area contributed by atoms with Gasteiger partial charge in [-0.15, -0.1) is 0 Å². The van der Waals surface area contributed by atoms with Gasteiger partial charge in [0.15, 0.2) is 0 Å². The van der Waals surface area contributed by atoms with E-state index in [0.717, 1.165) is 51.5 Å². The average Bonchev–Trinajstić information content (AvgIpc) is 3.11. The van der Waals surface area contributed by atoms with E-state index >= 15 is 0 Å². The molecule has 0 radical (unpaired) electrons.